The molecule has 4 nitrogen and oxygen atoms in total. The van der Waals surface area contributed by atoms with E-state index in [1.54, 1.807) is 0 Å². The van der Waals surface area contributed by atoms with E-state index >= 15 is 0 Å². The molecule has 0 radical (unpaired) electrons. The molecule has 1 aromatic rings. The van der Waals surface area contributed by atoms with Gasteiger partial charge in [0.2, 0.25) is 0 Å². The Kier molecular flexibility index (Phi) is 4.57. The average Bonchev–Trinajstić information content (AvgIpc) is 2.96. The van der Waals surface area contributed by atoms with Crippen molar-refractivity contribution in [2.45, 2.75) is 38.1 Å². The van der Waals surface area contributed by atoms with E-state index in [1.165, 1.54) is 31.4 Å². The summed E-state index contributed by atoms with van der Waals surface area (Å²) in [5.41, 5.74) is 7.03. The van der Waals surface area contributed by atoms with E-state index in [-0.39, 0.29) is 0 Å². The van der Waals surface area contributed by atoms with Crippen LogP contribution in [-0.4, -0.2) is 40.4 Å². The zero-order chi connectivity index (χ0) is 12.1. The normalized spacial score (nSPS) is 17.1. The van der Waals surface area contributed by atoms with Crippen LogP contribution in [0.15, 0.2) is 12.3 Å². The molecule has 2 rings (SSSR count). The van der Waals surface area contributed by atoms with Gasteiger partial charge in [-0.2, -0.15) is 5.10 Å². The summed E-state index contributed by atoms with van der Waals surface area (Å²) >= 11 is 0. The maximum absolute atomic E-state index is 5.72. The second-order valence-corrected chi connectivity index (χ2v) is 4.96. The highest BCUT2D eigenvalue weighted by Crippen LogP contribution is 2.23. The first-order valence-corrected chi connectivity index (χ1v) is 6.72. The van der Waals surface area contributed by atoms with E-state index < -0.39 is 0 Å². The molecule has 1 aromatic heterocycles. The van der Waals surface area contributed by atoms with Crippen molar-refractivity contribution in [3.05, 3.63) is 18.0 Å². The molecule has 1 saturated carbocycles. The van der Waals surface area contributed by atoms with Gasteiger partial charge in [-0.1, -0.05) is 12.8 Å². The van der Waals surface area contributed by atoms with Crippen LogP contribution in [0.25, 0.3) is 0 Å². The molecule has 0 spiro atoms. The fourth-order valence-corrected chi connectivity index (χ4v) is 2.82. The van der Waals surface area contributed by atoms with Crippen molar-refractivity contribution in [2.24, 2.45) is 12.8 Å². The number of rotatable bonds is 6. The molecule has 0 aliphatic heterocycles. The quantitative estimate of drug-likeness (QED) is 0.806. The van der Waals surface area contributed by atoms with Gasteiger partial charge in [-0.3, -0.25) is 9.58 Å². The van der Waals surface area contributed by atoms with E-state index in [4.69, 9.17) is 5.73 Å². The molecule has 0 amide bonds. The van der Waals surface area contributed by atoms with Gasteiger partial charge in [0.1, 0.15) is 0 Å². The second-order valence-electron chi connectivity index (χ2n) is 4.96. The number of hydrogen-bond donors (Lipinski definition) is 1. The summed E-state index contributed by atoms with van der Waals surface area (Å²) in [6, 6.07) is 2.88. The minimum absolute atomic E-state index is 0.766. The first-order valence-electron chi connectivity index (χ1n) is 6.72. The molecule has 4 heteroatoms. The Morgan fingerprint density at radius 1 is 1.41 bits per heavy atom. The van der Waals surface area contributed by atoms with Gasteiger partial charge in [0.15, 0.2) is 0 Å². The van der Waals surface area contributed by atoms with Crippen LogP contribution in [0, 0.1) is 0 Å². The molecular weight excluding hydrogens is 212 g/mol. The molecule has 1 aliphatic carbocycles. The van der Waals surface area contributed by atoms with Crippen LogP contribution in [0.4, 0.5) is 0 Å². The van der Waals surface area contributed by atoms with Gasteiger partial charge < -0.3 is 5.73 Å². The largest absolute Gasteiger partial charge is 0.329 e. The van der Waals surface area contributed by atoms with E-state index in [1.807, 2.05) is 17.9 Å². The molecule has 0 unspecified atom stereocenters. The Morgan fingerprint density at radius 3 is 2.76 bits per heavy atom. The molecule has 1 aliphatic rings. The molecule has 2 N–H and O–H groups in total. The SMILES string of the molecule is Cn1nccc1CCN(CCN)C1CCCC1. The van der Waals surface area contributed by atoms with Gasteiger partial charge in [0.25, 0.3) is 0 Å². The molecule has 0 saturated heterocycles. The maximum Gasteiger partial charge on any atom is 0.0492 e. The summed E-state index contributed by atoms with van der Waals surface area (Å²) in [5, 5.41) is 4.21. The first kappa shape index (κ1) is 12.6. The van der Waals surface area contributed by atoms with Gasteiger partial charge in [-0.25, -0.2) is 0 Å². The summed E-state index contributed by atoms with van der Waals surface area (Å²) in [5.74, 6) is 0. The molecule has 1 heterocycles. The van der Waals surface area contributed by atoms with Crippen LogP contribution < -0.4 is 5.73 Å². The third-order valence-corrected chi connectivity index (χ3v) is 3.84. The third kappa shape index (κ3) is 3.30. The van der Waals surface area contributed by atoms with Crippen LogP contribution in [0.3, 0.4) is 0 Å². The number of aryl methyl sites for hydroxylation is 1. The molecule has 0 bridgehead atoms. The van der Waals surface area contributed by atoms with Gasteiger partial charge in [0.05, 0.1) is 0 Å². The van der Waals surface area contributed by atoms with Crippen molar-refractivity contribution < 1.29 is 0 Å². The number of nitrogens with zero attached hydrogens (tertiary/aromatic N) is 3. The molecular formula is C13H24N4. The highest BCUT2D eigenvalue weighted by atomic mass is 15.3. The maximum atomic E-state index is 5.72. The molecule has 1 fully saturated rings. The predicted octanol–water partition coefficient (Wildman–Crippen LogP) is 1.17. The fourth-order valence-electron chi connectivity index (χ4n) is 2.82. The number of nitrogens with two attached hydrogens (primary N) is 1. The van der Waals surface area contributed by atoms with Gasteiger partial charge in [-0.05, 0) is 18.9 Å². The summed E-state index contributed by atoms with van der Waals surface area (Å²) in [4.78, 5) is 2.57. The van der Waals surface area contributed by atoms with Crippen molar-refractivity contribution in [1.82, 2.24) is 14.7 Å². The van der Waals surface area contributed by atoms with Crippen LogP contribution in [0.1, 0.15) is 31.4 Å². The monoisotopic (exact) mass is 236 g/mol. The lowest BCUT2D eigenvalue weighted by atomic mass is 10.2. The topological polar surface area (TPSA) is 47.1 Å². The molecule has 0 atom stereocenters. The van der Waals surface area contributed by atoms with E-state index in [0.29, 0.717) is 0 Å². The third-order valence-electron chi connectivity index (χ3n) is 3.84. The minimum atomic E-state index is 0.766. The van der Waals surface area contributed by atoms with E-state index in [9.17, 15) is 0 Å². The van der Waals surface area contributed by atoms with Crippen molar-refractivity contribution in [3.63, 3.8) is 0 Å². The van der Waals surface area contributed by atoms with Gasteiger partial charge in [-0.15, -0.1) is 0 Å². The summed E-state index contributed by atoms with van der Waals surface area (Å²) in [6.07, 6.45) is 8.43. The Morgan fingerprint density at radius 2 is 2.18 bits per heavy atom. The van der Waals surface area contributed by atoms with E-state index in [0.717, 1.165) is 32.1 Å². The average molecular weight is 236 g/mol. The summed E-state index contributed by atoms with van der Waals surface area (Å²) in [7, 11) is 2.01. The van der Waals surface area contributed by atoms with Gasteiger partial charge >= 0.3 is 0 Å². The minimum Gasteiger partial charge on any atom is -0.329 e. The lowest BCUT2D eigenvalue weighted by Gasteiger charge is -2.28. The second kappa shape index (κ2) is 6.17. The van der Waals surface area contributed by atoms with Crippen molar-refractivity contribution in [2.75, 3.05) is 19.6 Å². The lowest BCUT2D eigenvalue weighted by molar-refractivity contribution is 0.205. The van der Waals surface area contributed by atoms with Crippen molar-refractivity contribution >= 4 is 0 Å². The van der Waals surface area contributed by atoms with Gasteiger partial charge in [0, 0.05) is 51.0 Å². The van der Waals surface area contributed by atoms with Crippen LogP contribution in [-0.2, 0) is 13.5 Å². The zero-order valence-corrected chi connectivity index (χ0v) is 10.8. The molecule has 17 heavy (non-hydrogen) atoms. The van der Waals surface area contributed by atoms with Crippen LogP contribution >= 0.6 is 0 Å². The Labute approximate surface area is 104 Å². The van der Waals surface area contributed by atoms with Crippen LogP contribution in [0.5, 0.6) is 0 Å². The highest BCUT2D eigenvalue weighted by Gasteiger charge is 2.21. The Bertz CT molecular complexity index is 328. The number of aromatic nitrogens is 2. The first-order chi connectivity index (χ1) is 8.31. The number of hydrogen-bond acceptors (Lipinski definition) is 3. The smallest absolute Gasteiger partial charge is 0.0492 e. The fraction of sp³-hybridized carbons (Fsp3) is 0.769. The van der Waals surface area contributed by atoms with E-state index in [2.05, 4.69) is 16.1 Å². The molecule has 96 valence electrons. The van der Waals surface area contributed by atoms with Crippen molar-refractivity contribution in [1.29, 1.82) is 0 Å². The lowest BCUT2D eigenvalue weighted by Crippen LogP contribution is -2.38. The zero-order valence-electron chi connectivity index (χ0n) is 10.8. The highest BCUT2D eigenvalue weighted by molar-refractivity contribution is 5.00. The summed E-state index contributed by atoms with van der Waals surface area (Å²) < 4.78 is 1.97. The Balaban J connectivity index is 1.86. The molecule has 0 aromatic carbocycles. The summed E-state index contributed by atoms with van der Waals surface area (Å²) in [6.45, 7) is 2.91. The van der Waals surface area contributed by atoms with Crippen LogP contribution in [0.2, 0.25) is 0 Å². The van der Waals surface area contributed by atoms with Crippen molar-refractivity contribution in [3.8, 4) is 0 Å². The Hall–Kier alpha value is -0.870. The standard InChI is InChI=1S/C13H24N4/c1-16-12(6-9-15-16)7-10-17(11-8-14)13-4-2-3-5-13/h6,9,13H,2-5,7-8,10-11,14H2,1H3. The predicted molar refractivity (Wildman–Crippen MR) is 69.8 cm³/mol.